The minimum absolute atomic E-state index is 0.132. The van der Waals surface area contributed by atoms with Crippen LogP contribution in [0.1, 0.15) is 37.3 Å². The molecule has 0 bridgehead atoms. The maximum Gasteiger partial charge on any atom is 0.410 e. The van der Waals surface area contributed by atoms with Gasteiger partial charge in [0.2, 0.25) is 0 Å². The molecule has 7 nitrogen and oxygen atoms in total. The van der Waals surface area contributed by atoms with Crippen LogP contribution in [-0.4, -0.2) is 46.9 Å². The molecular weight excluding hydrogens is 396 g/mol. The summed E-state index contributed by atoms with van der Waals surface area (Å²) in [5.41, 5.74) is 0.644. The summed E-state index contributed by atoms with van der Waals surface area (Å²) in [7, 11) is 0. The van der Waals surface area contributed by atoms with Crippen LogP contribution < -0.4 is 5.32 Å². The molecule has 2 N–H and O–H groups in total. The highest BCUT2D eigenvalue weighted by Crippen LogP contribution is 2.26. The molecule has 1 aliphatic rings. The van der Waals surface area contributed by atoms with Crippen LogP contribution in [0.2, 0.25) is 0 Å². The molecule has 1 saturated heterocycles. The lowest BCUT2D eigenvalue weighted by Gasteiger charge is -2.35. The zero-order valence-electron chi connectivity index (χ0n) is 17.8. The van der Waals surface area contributed by atoms with Gasteiger partial charge in [-0.3, -0.25) is 0 Å². The Bertz CT molecular complexity index is 846. The first-order valence-electron chi connectivity index (χ1n) is 10.7. The zero-order valence-corrected chi connectivity index (χ0v) is 17.8. The molecule has 166 valence electrons. The van der Waals surface area contributed by atoms with Gasteiger partial charge in [-0.15, -0.1) is 0 Å². The summed E-state index contributed by atoms with van der Waals surface area (Å²) in [6.45, 7) is 2.77. The van der Waals surface area contributed by atoms with Crippen molar-refractivity contribution in [3.05, 3.63) is 71.8 Å². The van der Waals surface area contributed by atoms with Gasteiger partial charge in [0.25, 0.3) is 0 Å². The van der Waals surface area contributed by atoms with Gasteiger partial charge in [-0.05, 0) is 30.4 Å². The molecule has 2 amide bonds. The molecule has 1 heterocycles. The van der Waals surface area contributed by atoms with E-state index in [-0.39, 0.29) is 19.8 Å². The van der Waals surface area contributed by atoms with Crippen molar-refractivity contribution in [1.82, 2.24) is 10.2 Å². The molecule has 2 unspecified atom stereocenters. The molecule has 0 aromatic heterocycles. The van der Waals surface area contributed by atoms with E-state index in [0.29, 0.717) is 25.8 Å². The fraction of sp³-hybridized carbons (Fsp3) is 0.417. The molecule has 0 saturated carbocycles. The number of nitrogens with zero attached hydrogens (tertiary/aromatic N) is 1. The van der Waals surface area contributed by atoms with Gasteiger partial charge < -0.3 is 24.8 Å². The summed E-state index contributed by atoms with van der Waals surface area (Å²) in [6.07, 6.45) is 0.440. The van der Waals surface area contributed by atoms with Crippen molar-refractivity contribution in [3.63, 3.8) is 0 Å². The Kier molecular flexibility index (Phi) is 7.89. The summed E-state index contributed by atoms with van der Waals surface area (Å²) in [5, 5.41) is 13.9. The molecule has 0 radical (unpaired) electrons. The highest BCUT2D eigenvalue weighted by Gasteiger charge is 2.40. The van der Waals surface area contributed by atoms with E-state index >= 15 is 0 Å². The standard InChI is InChI=1S/C24H30N2O5/c1-2-24(29)14-9-15-26(23(28)31-18-20-12-7-4-8-13-20)16-21(24)25-22(27)30-17-19-10-5-3-6-11-19/h3-8,10-13,21,29H,2,9,14-18H2,1H3,(H,25,27). The largest absolute Gasteiger partial charge is 0.445 e. The Morgan fingerprint density at radius 3 is 2.19 bits per heavy atom. The predicted octanol–water partition coefficient (Wildman–Crippen LogP) is 3.86. The highest BCUT2D eigenvalue weighted by atomic mass is 16.6. The fourth-order valence-electron chi connectivity index (χ4n) is 3.72. The Labute approximate surface area is 183 Å². The van der Waals surface area contributed by atoms with Gasteiger partial charge in [-0.25, -0.2) is 9.59 Å². The van der Waals surface area contributed by atoms with Crippen molar-refractivity contribution in [2.24, 2.45) is 0 Å². The zero-order chi connectivity index (χ0) is 22.1. The van der Waals surface area contributed by atoms with Crippen LogP contribution in [-0.2, 0) is 22.7 Å². The van der Waals surface area contributed by atoms with Gasteiger partial charge in [0.15, 0.2) is 0 Å². The monoisotopic (exact) mass is 426 g/mol. The number of hydrogen-bond donors (Lipinski definition) is 2. The van der Waals surface area contributed by atoms with Crippen molar-refractivity contribution in [3.8, 4) is 0 Å². The molecule has 31 heavy (non-hydrogen) atoms. The second-order valence-corrected chi connectivity index (χ2v) is 7.81. The molecule has 7 heteroatoms. The number of carbonyl (C=O) groups is 2. The molecule has 3 rings (SSSR count). The summed E-state index contributed by atoms with van der Waals surface area (Å²) >= 11 is 0. The third kappa shape index (κ3) is 6.46. The molecule has 1 fully saturated rings. The average molecular weight is 427 g/mol. The number of nitrogens with one attached hydrogen (secondary N) is 1. The van der Waals surface area contributed by atoms with Gasteiger partial charge in [0, 0.05) is 13.1 Å². The van der Waals surface area contributed by atoms with Gasteiger partial charge in [-0.1, -0.05) is 67.6 Å². The molecule has 0 spiro atoms. The second-order valence-electron chi connectivity index (χ2n) is 7.81. The SMILES string of the molecule is CCC1(O)CCCN(C(=O)OCc2ccccc2)CC1NC(=O)OCc1ccccc1. The number of amides is 2. The molecule has 0 aliphatic carbocycles. The minimum atomic E-state index is -1.12. The van der Waals surface area contributed by atoms with Crippen molar-refractivity contribution < 1.29 is 24.2 Å². The lowest BCUT2D eigenvalue weighted by Crippen LogP contribution is -2.56. The Hall–Kier alpha value is -3.06. The Morgan fingerprint density at radius 2 is 1.61 bits per heavy atom. The summed E-state index contributed by atoms with van der Waals surface area (Å²) in [4.78, 5) is 26.6. The molecular formula is C24H30N2O5. The summed E-state index contributed by atoms with van der Waals surface area (Å²) in [5.74, 6) is 0. The van der Waals surface area contributed by atoms with E-state index in [1.165, 1.54) is 0 Å². The van der Waals surface area contributed by atoms with E-state index in [1.807, 2.05) is 67.6 Å². The Morgan fingerprint density at radius 1 is 1.03 bits per heavy atom. The van der Waals surface area contributed by atoms with Crippen molar-refractivity contribution in [1.29, 1.82) is 0 Å². The van der Waals surface area contributed by atoms with Crippen LogP contribution in [0.4, 0.5) is 9.59 Å². The van der Waals surface area contributed by atoms with Crippen LogP contribution in [0, 0.1) is 0 Å². The molecule has 2 aromatic carbocycles. The van der Waals surface area contributed by atoms with E-state index in [0.717, 1.165) is 11.1 Å². The van der Waals surface area contributed by atoms with Crippen molar-refractivity contribution in [2.75, 3.05) is 13.1 Å². The highest BCUT2D eigenvalue weighted by molar-refractivity contribution is 5.69. The summed E-state index contributed by atoms with van der Waals surface area (Å²) in [6, 6.07) is 18.2. The van der Waals surface area contributed by atoms with Gasteiger partial charge in [0.05, 0.1) is 11.6 Å². The lowest BCUT2D eigenvalue weighted by molar-refractivity contribution is -0.00949. The molecule has 2 aromatic rings. The normalized spacial score (nSPS) is 21.1. The van der Waals surface area contributed by atoms with Crippen LogP contribution in [0.25, 0.3) is 0 Å². The fourth-order valence-corrected chi connectivity index (χ4v) is 3.72. The number of alkyl carbamates (subject to hydrolysis) is 1. The van der Waals surface area contributed by atoms with E-state index < -0.39 is 23.8 Å². The van der Waals surface area contributed by atoms with E-state index in [1.54, 1.807) is 4.90 Å². The topological polar surface area (TPSA) is 88.1 Å². The van der Waals surface area contributed by atoms with Crippen LogP contribution in [0.3, 0.4) is 0 Å². The number of rotatable bonds is 6. The first-order chi connectivity index (χ1) is 15.0. The van der Waals surface area contributed by atoms with E-state index in [4.69, 9.17) is 9.47 Å². The number of ether oxygens (including phenoxy) is 2. The van der Waals surface area contributed by atoms with E-state index in [2.05, 4.69) is 5.32 Å². The number of hydrogen-bond acceptors (Lipinski definition) is 5. The predicted molar refractivity (Wildman–Crippen MR) is 116 cm³/mol. The van der Waals surface area contributed by atoms with Crippen LogP contribution in [0.15, 0.2) is 60.7 Å². The summed E-state index contributed by atoms with van der Waals surface area (Å²) < 4.78 is 10.8. The third-order valence-electron chi connectivity index (χ3n) is 5.67. The minimum Gasteiger partial charge on any atom is -0.445 e. The number of aliphatic hydroxyl groups is 1. The second kappa shape index (κ2) is 10.8. The number of likely N-dealkylation sites (tertiary alicyclic amines) is 1. The molecule has 2 atom stereocenters. The number of carbonyl (C=O) groups excluding carboxylic acids is 2. The number of benzene rings is 2. The average Bonchev–Trinajstić information content (AvgIpc) is 2.97. The van der Waals surface area contributed by atoms with Crippen LogP contribution in [0.5, 0.6) is 0 Å². The quantitative estimate of drug-likeness (QED) is 0.732. The maximum atomic E-state index is 12.6. The van der Waals surface area contributed by atoms with E-state index in [9.17, 15) is 14.7 Å². The van der Waals surface area contributed by atoms with Gasteiger partial charge >= 0.3 is 12.2 Å². The lowest BCUT2D eigenvalue weighted by atomic mass is 9.87. The first kappa shape index (κ1) is 22.6. The maximum absolute atomic E-state index is 12.6. The third-order valence-corrected chi connectivity index (χ3v) is 5.67. The first-order valence-corrected chi connectivity index (χ1v) is 10.7. The molecule has 1 aliphatic heterocycles. The van der Waals surface area contributed by atoms with Crippen molar-refractivity contribution >= 4 is 12.2 Å². The smallest absolute Gasteiger partial charge is 0.410 e. The van der Waals surface area contributed by atoms with Gasteiger partial charge in [0.1, 0.15) is 13.2 Å². The Balaban J connectivity index is 1.60. The van der Waals surface area contributed by atoms with Gasteiger partial charge in [-0.2, -0.15) is 0 Å². The van der Waals surface area contributed by atoms with Crippen LogP contribution >= 0.6 is 0 Å². The van der Waals surface area contributed by atoms with Crippen molar-refractivity contribution in [2.45, 2.75) is 51.0 Å².